The second-order valence-electron chi connectivity index (χ2n) is 7.50. The third kappa shape index (κ3) is 5.68. The van der Waals surface area contributed by atoms with Crippen molar-refractivity contribution < 1.29 is 22.3 Å². The van der Waals surface area contributed by atoms with Gasteiger partial charge in [0, 0.05) is 32.6 Å². The van der Waals surface area contributed by atoms with Crippen molar-refractivity contribution in [1.29, 1.82) is 0 Å². The van der Waals surface area contributed by atoms with Crippen molar-refractivity contribution in [3.8, 4) is 5.75 Å². The summed E-state index contributed by atoms with van der Waals surface area (Å²) >= 11 is 0. The van der Waals surface area contributed by atoms with Crippen molar-refractivity contribution in [1.82, 2.24) is 25.2 Å². The van der Waals surface area contributed by atoms with Gasteiger partial charge in [0.05, 0.1) is 17.9 Å². The Hall–Kier alpha value is -2.16. The van der Waals surface area contributed by atoms with E-state index in [4.69, 9.17) is 5.73 Å². The summed E-state index contributed by atoms with van der Waals surface area (Å²) in [5.74, 6) is 0.518. The number of halogens is 1. The summed E-state index contributed by atoms with van der Waals surface area (Å²) in [5.41, 5.74) is 7.96. The Bertz CT molecular complexity index is 776. The van der Waals surface area contributed by atoms with Gasteiger partial charge in [-0.3, -0.25) is 4.79 Å². The molecule has 160 valence electrons. The van der Waals surface area contributed by atoms with E-state index < -0.39 is 6.04 Å². The molecule has 0 bridgehead atoms. The van der Waals surface area contributed by atoms with Gasteiger partial charge in [-0.1, -0.05) is 37.6 Å². The number of phenols is 1. The van der Waals surface area contributed by atoms with Gasteiger partial charge < -0.3 is 33.5 Å². The van der Waals surface area contributed by atoms with Gasteiger partial charge in [0.1, 0.15) is 11.8 Å². The highest BCUT2D eigenvalue weighted by molar-refractivity contribution is 5.80. The van der Waals surface area contributed by atoms with Crippen LogP contribution in [0.1, 0.15) is 43.6 Å². The number of aromatic nitrogens is 3. The highest BCUT2D eigenvalue weighted by atomic mass is 35.5. The van der Waals surface area contributed by atoms with E-state index in [2.05, 4.69) is 29.5 Å². The minimum absolute atomic E-state index is 0. The second kappa shape index (κ2) is 10.6. The lowest BCUT2D eigenvalue weighted by Gasteiger charge is -2.31. The summed E-state index contributed by atoms with van der Waals surface area (Å²) in [4.78, 5) is 15.1. The zero-order valence-corrected chi connectivity index (χ0v) is 17.7. The number of benzene rings is 1. The van der Waals surface area contributed by atoms with Crippen LogP contribution in [0, 0.1) is 5.92 Å². The van der Waals surface area contributed by atoms with Gasteiger partial charge in [0.25, 0.3) is 0 Å². The normalized spacial score (nSPS) is 17.3. The van der Waals surface area contributed by atoms with Crippen LogP contribution >= 0.6 is 0 Å². The quantitative estimate of drug-likeness (QED) is 0.489. The predicted molar refractivity (Wildman–Crippen MR) is 107 cm³/mol. The van der Waals surface area contributed by atoms with E-state index in [-0.39, 0.29) is 36.0 Å². The number of nitrogens with one attached hydrogen (secondary N) is 1. The summed E-state index contributed by atoms with van der Waals surface area (Å²) in [5, 5.41) is 21.3. The summed E-state index contributed by atoms with van der Waals surface area (Å²) in [7, 11) is 0. The number of phenolic OH excluding ortho intramolecular Hbond substituents is 1. The smallest absolute Gasteiger partial charge is 0.247 e. The number of carbonyl (C=O) groups excluding carboxylic acids is 1. The van der Waals surface area contributed by atoms with E-state index >= 15 is 0 Å². The highest BCUT2D eigenvalue weighted by Crippen LogP contribution is 2.23. The predicted octanol–water partition coefficient (Wildman–Crippen LogP) is -1.75. The third-order valence-electron chi connectivity index (χ3n) is 5.52. The average Bonchev–Trinajstić information content (AvgIpc) is 3.22. The Balaban J connectivity index is 0.00000300. The van der Waals surface area contributed by atoms with Gasteiger partial charge in [-0.05, 0) is 23.6 Å². The molecule has 1 aromatic carbocycles. The van der Waals surface area contributed by atoms with Gasteiger partial charge in [-0.2, -0.15) is 0 Å². The molecule has 0 saturated carbocycles. The van der Waals surface area contributed by atoms with Gasteiger partial charge in [0.2, 0.25) is 5.91 Å². The molecule has 0 spiro atoms. The number of nitrogens with two attached hydrogens (primary N) is 1. The minimum atomic E-state index is -0.493. The Morgan fingerprint density at radius 1 is 1.28 bits per heavy atom. The molecule has 9 heteroatoms. The van der Waals surface area contributed by atoms with Crippen LogP contribution < -0.4 is 23.5 Å². The minimum Gasteiger partial charge on any atom is -1.00 e. The number of carbonyl (C=O) groups is 1. The summed E-state index contributed by atoms with van der Waals surface area (Å²) < 4.78 is 1.65. The number of aromatic hydroxyl groups is 1. The van der Waals surface area contributed by atoms with E-state index in [1.807, 2.05) is 23.2 Å². The summed E-state index contributed by atoms with van der Waals surface area (Å²) in [6.45, 7) is 7.12. The lowest BCUT2D eigenvalue weighted by Crippen LogP contribution is -3.00. The van der Waals surface area contributed by atoms with Gasteiger partial charge in [-0.15, -0.1) is 5.10 Å². The zero-order chi connectivity index (χ0) is 20.1. The number of hydrogen-bond donors (Lipinski definition) is 3. The molecule has 4 N–H and O–H groups in total. The summed E-state index contributed by atoms with van der Waals surface area (Å²) in [6, 6.07) is 6.22. The van der Waals surface area contributed by atoms with Crippen LogP contribution in [0.15, 0.2) is 30.5 Å². The third-order valence-corrected chi connectivity index (χ3v) is 5.52. The molecule has 3 rings (SSSR count). The second-order valence-corrected chi connectivity index (χ2v) is 7.50. The van der Waals surface area contributed by atoms with Crippen LogP contribution in [0.5, 0.6) is 5.75 Å². The molecule has 2 aromatic rings. The van der Waals surface area contributed by atoms with Crippen LogP contribution in [-0.2, 0) is 11.2 Å². The molecule has 2 heterocycles. The van der Waals surface area contributed by atoms with E-state index in [0.717, 1.165) is 25.1 Å². The maximum atomic E-state index is 13.3. The molecule has 3 atom stereocenters. The molecule has 1 aliphatic heterocycles. The van der Waals surface area contributed by atoms with Crippen LogP contribution in [0.2, 0.25) is 0 Å². The first-order valence-corrected chi connectivity index (χ1v) is 9.94. The standard InChI is InChI=1S/C20H30N6O2.ClH/c1-3-14(2)19(21)17-13-26(24-23-17)18(12-15-4-6-16(27)7-5-15)20(28)25-10-8-22-9-11-25;/h4-7,13-14,18-19,22,27H,3,8-12,21H2,1-2H3;1H/p-1. The molecule has 1 aliphatic rings. The number of hydrogen-bond acceptors (Lipinski definition) is 6. The van der Waals surface area contributed by atoms with Crippen molar-refractivity contribution in [3.05, 3.63) is 41.7 Å². The Kier molecular flexibility index (Phi) is 8.43. The number of rotatable bonds is 7. The molecule has 3 unspecified atom stereocenters. The van der Waals surface area contributed by atoms with Crippen molar-refractivity contribution in [3.63, 3.8) is 0 Å². The first kappa shape index (κ1) is 23.1. The molecule has 1 fully saturated rings. The lowest BCUT2D eigenvalue weighted by atomic mass is 9.98. The van der Waals surface area contributed by atoms with Crippen molar-refractivity contribution >= 4 is 5.91 Å². The van der Waals surface area contributed by atoms with E-state index in [1.54, 1.807) is 16.8 Å². The van der Waals surface area contributed by atoms with E-state index in [0.29, 0.717) is 25.2 Å². The van der Waals surface area contributed by atoms with Gasteiger partial charge in [0.15, 0.2) is 0 Å². The van der Waals surface area contributed by atoms with Crippen LogP contribution in [0.3, 0.4) is 0 Å². The first-order valence-electron chi connectivity index (χ1n) is 9.94. The number of piperazine rings is 1. The van der Waals surface area contributed by atoms with E-state index in [9.17, 15) is 9.90 Å². The van der Waals surface area contributed by atoms with Crippen LogP contribution in [0.25, 0.3) is 0 Å². The molecule has 1 amide bonds. The summed E-state index contributed by atoms with van der Waals surface area (Å²) in [6.07, 6.45) is 3.23. The molecule has 29 heavy (non-hydrogen) atoms. The molecule has 0 radical (unpaired) electrons. The van der Waals surface area contributed by atoms with Gasteiger partial charge in [-0.25, -0.2) is 4.68 Å². The van der Waals surface area contributed by atoms with Crippen molar-refractivity contribution in [2.24, 2.45) is 11.7 Å². The monoisotopic (exact) mass is 421 g/mol. The average molecular weight is 422 g/mol. The van der Waals surface area contributed by atoms with Crippen LogP contribution in [0.4, 0.5) is 0 Å². The Morgan fingerprint density at radius 2 is 1.93 bits per heavy atom. The van der Waals surface area contributed by atoms with Crippen molar-refractivity contribution in [2.45, 2.75) is 38.8 Å². The van der Waals surface area contributed by atoms with Crippen molar-refractivity contribution in [2.75, 3.05) is 26.2 Å². The maximum absolute atomic E-state index is 13.3. The van der Waals surface area contributed by atoms with E-state index in [1.165, 1.54) is 0 Å². The maximum Gasteiger partial charge on any atom is 0.247 e. The fraction of sp³-hybridized carbons (Fsp3) is 0.550. The molecular formula is C20H30ClN6O2-. The largest absolute Gasteiger partial charge is 1.00 e. The van der Waals surface area contributed by atoms with Crippen LogP contribution in [-0.4, -0.2) is 57.1 Å². The molecular weight excluding hydrogens is 392 g/mol. The molecule has 1 aromatic heterocycles. The fourth-order valence-electron chi connectivity index (χ4n) is 3.39. The lowest BCUT2D eigenvalue weighted by molar-refractivity contribution is -0.135. The molecule has 0 aliphatic carbocycles. The molecule has 8 nitrogen and oxygen atoms in total. The topological polar surface area (TPSA) is 109 Å². The zero-order valence-electron chi connectivity index (χ0n) is 17.0. The number of amides is 1. The first-order chi connectivity index (χ1) is 13.5. The number of nitrogens with zero attached hydrogens (tertiary/aromatic N) is 4. The Morgan fingerprint density at radius 3 is 2.55 bits per heavy atom. The Labute approximate surface area is 177 Å². The highest BCUT2D eigenvalue weighted by Gasteiger charge is 2.29. The molecule has 1 saturated heterocycles. The van der Waals surface area contributed by atoms with Gasteiger partial charge >= 0.3 is 0 Å². The fourth-order valence-corrected chi connectivity index (χ4v) is 3.39. The SMILES string of the molecule is CCC(C)C(N)c1cn(C(Cc2ccc(O)cc2)C(=O)N2CCNCC2)nn1.[Cl-].